The molecule has 7 heteroatoms. The molecule has 1 heterocycles. The lowest BCUT2D eigenvalue weighted by atomic mass is 9.58. The van der Waals surface area contributed by atoms with E-state index in [1.807, 2.05) is 7.05 Å². The number of rotatable bonds is 11. The van der Waals surface area contributed by atoms with Crippen LogP contribution in [0.2, 0.25) is 0 Å². The van der Waals surface area contributed by atoms with Crippen molar-refractivity contribution in [2.24, 2.45) is 16.3 Å². The van der Waals surface area contributed by atoms with Crippen LogP contribution in [-0.2, 0) is 14.2 Å². The predicted octanol–water partition coefficient (Wildman–Crippen LogP) is 3.20. The summed E-state index contributed by atoms with van der Waals surface area (Å²) >= 11 is 0. The van der Waals surface area contributed by atoms with Crippen molar-refractivity contribution in [1.29, 1.82) is 0 Å². The molecule has 6 nitrogen and oxygen atoms in total. The molecule has 0 amide bonds. The van der Waals surface area contributed by atoms with Crippen molar-refractivity contribution in [2.45, 2.75) is 65.0 Å². The molecule has 0 spiro atoms. The van der Waals surface area contributed by atoms with Gasteiger partial charge in [0.05, 0.1) is 19.3 Å². The van der Waals surface area contributed by atoms with E-state index in [4.69, 9.17) is 14.2 Å². The Bertz CT molecular complexity index is 427. The fourth-order valence-corrected chi connectivity index (χ4v) is 4.29. The highest BCUT2D eigenvalue weighted by Gasteiger charge is 2.53. The third-order valence-corrected chi connectivity index (χ3v) is 6.14. The van der Waals surface area contributed by atoms with Gasteiger partial charge in [-0.3, -0.25) is 4.99 Å². The van der Waals surface area contributed by atoms with E-state index in [9.17, 15) is 0 Å². The van der Waals surface area contributed by atoms with Crippen molar-refractivity contribution in [2.75, 3.05) is 46.6 Å². The topological polar surface area (TPSA) is 64.1 Å². The first-order chi connectivity index (χ1) is 12.7. The fourth-order valence-electron chi connectivity index (χ4n) is 4.29. The Morgan fingerprint density at radius 2 is 2.04 bits per heavy atom. The van der Waals surface area contributed by atoms with Crippen LogP contribution in [0.3, 0.4) is 0 Å². The standard InChI is InChI=1S/C20H39N3O3.HI/c1-5-20(6-2)17(13-18(20)26-7-3)23-19(21-4)22-10-8-11-24-14-16-9-12-25-15-16;/h16-18H,5-15H2,1-4H3,(H2,21,22,23);1H. The quantitative estimate of drug-likeness (QED) is 0.199. The normalized spacial score (nSPS) is 27.0. The van der Waals surface area contributed by atoms with E-state index in [1.165, 1.54) is 0 Å². The minimum absolute atomic E-state index is 0. The summed E-state index contributed by atoms with van der Waals surface area (Å²) in [5, 5.41) is 7.04. The third kappa shape index (κ3) is 6.72. The van der Waals surface area contributed by atoms with E-state index < -0.39 is 0 Å². The van der Waals surface area contributed by atoms with Gasteiger partial charge in [-0.25, -0.2) is 0 Å². The molecular formula is C20H40IN3O3. The minimum atomic E-state index is 0. The first-order valence-electron chi connectivity index (χ1n) is 10.4. The third-order valence-electron chi connectivity index (χ3n) is 6.14. The molecule has 27 heavy (non-hydrogen) atoms. The molecule has 1 saturated carbocycles. The molecule has 3 atom stereocenters. The Hall–Kier alpha value is -0.120. The van der Waals surface area contributed by atoms with Gasteiger partial charge in [0.25, 0.3) is 0 Å². The summed E-state index contributed by atoms with van der Waals surface area (Å²) in [5.41, 5.74) is 0.222. The average molecular weight is 497 g/mol. The SMILES string of the molecule is CCOC1CC(NC(=NC)NCCCOCC2CCOC2)C1(CC)CC.I. The van der Waals surface area contributed by atoms with Crippen LogP contribution in [0.25, 0.3) is 0 Å². The highest BCUT2D eigenvalue weighted by Crippen LogP contribution is 2.48. The van der Waals surface area contributed by atoms with Crippen molar-refractivity contribution in [1.82, 2.24) is 10.6 Å². The second-order valence-corrected chi connectivity index (χ2v) is 7.47. The molecule has 1 saturated heterocycles. The zero-order chi connectivity index (χ0) is 18.8. The van der Waals surface area contributed by atoms with E-state index in [0.717, 1.165) is 77.6 Å². The van der Waals surface area contributed by atoms with E-state index >= 15 is 0 Å². The average Bonchev–Trinajstić information content (AvgIpc) is 3.16. The van der Waals surface area contributed by atoms with Crippen molar-refractivity contribution in [3.05, 3.63) is 0 Å². The minimum Gasteiger partial charge on any atom is -0.381 e. The molecule has 1 aliphatic carbocycles. The maximum Gasteiger partial charge on any atom is 0.191 e. The van der Waals surface area contributed by atoms with Crippen LogP contribution in [-0.4, -0.2) is 64.7 Å². The number of guanidine groups is 1. The summed E-state index contributed by atoms with van der Waals surface area (Å²) in [6, 6.07) is 0.430. The van der Waals surface area contributed by atoms with Gasteiger partial charge in [0, 0.05) is 50.8 Å². The number of nitrogens with one attached hydrogen (secondary N) is 2. The Morgan fingerprint density at radius 1 is 1.26 bits per heavy atom. The van der Waals surface area contributed by atoms with Crippen LogP contribution in [0.1, 0.15) is 52.9 Å². The lowest BCUT2D eigenvalue weighted by molar-refractivity contribution is -0.133. The Morgan fingerprint density at radius 3 is 2.63 bits per heavy atom. The molecule has 0 aromatic carbocycles. The van der Waals surface area contributed by atoms with Crippen LogP contribution in [0.4, 0.5) is 0 Å². The van der Waals surface area contributed by atoms with Crippen molar-refractivity contribution in [3.8, 4) is 0 Å². The second-order valence-electron chi connectivity index (χ2n) is 7.47. The van der Waals surface area contributed by atoms with Crippen molar-refractivity contribution in [3.63, 3.8) is 0 Å². The van der Waals surface area contributed by atoms with Crippen LogP contribution < -0.4 is 10.6 Å². The van der Waals surface area contributed by atoms with Gasteiger partial charge in [-0.1, -0.05) is 13.8 Å². The molecule has 0 aromatic rings. The lowest BCUT2D eigenvalue weighted by Crippen LogP contribution is -2.65. The number of nitrogens with zero attached hydrogens (tertiary/aromatic N) is 1. The van der Waals surface area contributed by atoms with Crippen LogP contribution in [0, 0.1) is 11.3 Å². The van der Waals surface area contributed by atoms with Crippen molar-refractivity contribution < 1.29 is 14.2 Å². The van der Waals surface area contributed by atoms with Gasteiger partial charge in [-0.15, -0.1) is 24.0 Å². The summed E-state index contributed by atoms with van der Waals surface area (Å²) in [6.45, 7) is 11.6. The number of ether oxygens (including phenoxy) is 3. The van der Waals surface area contributed by atoms with Gasteiger partial charge in [-0.05, 0) is 39.0 Å². The van der Waals surface area contributed by atoms with E-state index in [1.54, 1.807) is 0 Å². The maximum absolute atomic E-state index is 5.96. The Kier molecular flexibility index (Phi) is 12.2. The van der Waals surface area contributed by atoms with Crippen LogP contribution in [0.5, 0.6) is 0 Å². The molecule has 0 bridgehead atoms. The monoisotopic (exact) mass is 497 g/mol. The molecular weight excluding hydrogens is 457 g/mol. The molecule has 0 aromatic heterocycles. The largest absolute Gasteiger partial charge is 0.381 e. The molecule has 160 valence electrons. The molecule has 2 aliphatic rings. The smallest absolute Gasteiger partial charge is 0.191 e. The molecule has 0 radical (unpaired) electrons. The van der Waals surface area contributed by atoms with Crippen LogP contribution >= 0.6 is 24.0 Å². The number of halogens is 1. The summed E-state index contributed by atoms with van der Waals surface area (Å²) in [7, 11) is 1.84. The summed E-state index contributed by atoms with van der Waals surface area (Å²) in [5.74, 6) is 1.48. The Labute approximate surface area is 182 Å². The summed E-state index contributed by atoms with van der Waals surface area (Å²) in [6.07, 6.45) is 5.79. The van der Waals surface area contributed by atoms with Gasteiger partial charge >= 0.3 is 0 Å². The Balaban J connectivity index is 0.00000364. The van der Waals surface area contributed by atoms with Gasteiger partial charge in [0.15, 0.2) is 5.96 Å². The van der Waals surface area contributed by atoms with Gasteiger partial charge in [0.2, 0.25) is 0 Å². The van der Waals surface area contributed by atoms with Gasteiger partial charge in [-0.2, -0.15) is 0 Å². The van der Waals surface area contributed by atoms with E-state index in [2.05, 4.69) is 36.4 Å². The number of hydrogen-bond donors (Lipinski definition) is 2. The first-order valence-corrected chi connectivity index (χ1v) is 10.4. The number of hydrogen-bond acceptors (Lipinski definition) is 4. The summed E-state index contributed by atoms with van der Waals surface area (Å²) < 4.78 is 17.1. The maximum atomic E-state index is 5.96. The fraction of sp³-hybridized carbons (Fsp3) is 0.950. The van der Waals surface area contributed by atoms with Crippen molar-refractivity contribution >= 4 is 29.9 Å². The molecule has 2 N–H and O–H groups in total. The highest BCUT2D eigenvalue weighted by atomic mass is 127. The molecule has 3 unspecified atom stereocenters. The zero-order valence-electron chi connectivity index (χ0n) is 17.6. The zero-order valence-corrected chi connectivity index (χ0v) is 19.9. The van der Waals surface area contributed by atoms with Gasteiger partial charge < -0.3 is 24.8 Å². The van der Waals surface area contributed by atoms with Gasteiger partial charge in [0.1, 0.15) is 0 Å². The highest BCUT2D eigenvalue weighted by molar-refractivity contribution is 14.0. The second kappa shape index (κ2) is 13.2. The lowest BCUT2D eigenvalue weighted by Gasteiger charge is -2.55. The molecule has 2 rings (SSSR count). The summed E-state index contributed by atoms with van der Waals surface area (Å²) in [4.78, 5) is 4.39. The van der Waals surface area contributed by atoms with E-state index in [-0.39, 0.29) is 29.4 Å². The van der Waals surface area contributed by atoms with E-state index in [0.29, 0.717) is 18.1 Å². The molecule has 2 fully saturated rings. The number of aliphatic imine (C=N–C) groups is 1. The first kappa shape index (κ1) is 24.9. The van der Waals surface area contributed by atoms with Crippen LogP contribution in [0.15, 0.2) is 4.99 Å². The predicted molar refractivity (Wildman–Crippen MR) is 121 cm³/mol. The molecule has 1 aliphatic heterocycles.